The molecule has 1 N–H and O–H groups in total. The van der Waals surface area contributed by atoms with Gasteiger partial charge in [0.2, 0.25) is 6.71 Å². The molecule has 2 aliphatic heterocycles. The normalized spacial score (nSPS) is 12.8. The van der Waals surface area contributed by atoms with Crippen molar-refractivity contribution >= 4 is 34.1 Å². The van der Waals surface area contributed by atoms with Crippen LogP contribution in [-0.2, 0) is 37.3 Å². The fourth-order valence-corrected chi connectivity index (χ4v) is 10.7. The summed E-state index contributed by atoms with van der Waals surface area (Å²) in [5.74, 6) is 3.73. The van der Waals surface area contributed by atoms with Crippen molar-refractivity contribution in [2.24, 2.45) is 0 Å². The van der Waals surface area contributed by atoms with Crippen LogP contribution in [0.4, 0.5) is 0 Å². The second-order valence-electron chi connectivity index (χ2n) is 22.7. The van der Waals surface area contributed by atoms with Gasteiger partial charge in [0.15, 0.2) is 0 Å². The Bertz CT molecular complexity index is 3810. The van der Waals surface area contributed by atoms with Crippen molar-refractivity contribution in [1.82, 2.24) is 14.5 Å². The minimum Gasteiger partial charge on any atom is -0.507 e. The van der Waals surface area contributed by atoms with Gasteiger partial charge < -0.3 is 14.6 Å². The molecule has 0 aliphatic carbocycles. The molecule has 0 spiro atoms. The number of rotatable bonds is 6. The average Bonchev–Trinajstić information content (AvgIpc) is 3.78. The molecule has 4 heterocycles. The summed E-state index contributed by atoms with van der Waals surface area (Å²) in [6, 6.07) is 63.2. The molecule has 0 amide bonds. The first-order valence-corrected chi connectivity index (χ1v) is 25.3. The number of imidazole rings is 1. The molecule has 8 heteroatoms. The summed E-state index contributed by atoms with van der Waals surface area (Å²) in [5.41, 5.74) is 15.9. The first kappa shape index (κ1) is 48.8. The van der Waals surface area contributed by atoms with Crippen LogP contribution in [0.5, 0.6) is 28.7 Å². The van der Waals surface area contributed by atoms with E-state index in [0.717, 1.165) is 100 Å². The molecule has 2 aliphatic rings. The maximum Gasteiger partial charge on any atom is 0.243 e. The first-order valence-electron chi connectivity index (χ1n) is 25.3. The van der Waals surface area contributed by atoms with E-state index in [1.54, 1.807) is 0 Å². The average molecular weight is 1150 g/mol. The van der Waals surface area contributed by atoms with Crippen molar-refractivity contribution in [3.8, 4) is 90.5 Å². The van der Waals surface area contributed by atoms with Crippen LogP contribution < -0.4 is 25.9 Å². The van der Waals surface area contributed by atoms with E-state index < -0.39 is 0 Å². The number of aromatic hydroxyl groups is 1. The number of fused-ring (bicyclic) bond motifs is 5. The van der Waals surface area contributed by atoms with Gasteiger partial charge in [0.25, 0.3) is 0 Å². The quantitative estimate of drug-likeness (QED) is 0.133. The Labute approximate surface area is 449 Å². The molecule has 6 nitrogen and oxygen atoms in total. The Hall–Kier alpha value is -7.47. The molecule has 8 aromatic carbocycles. The third-order valence-electron chi connectivity index (χ3n) is 14.7. The number of hydrogen-bond donors (Lipinski definition) is 1. The van der Waals surface area contributed by atoms with Crippen molar-refractivity contribution in [1.29, 1.82) is 0 Å². The van der Waals surface area contributed by atoms with Gasteiger partial charge in [-0.2, -0.15) is 0 Å². The second-order valence-corrected chi connectivity index (χ2v) is 22.7. The summed E-state index contributed by atoms with van der Waals surface area (Å²) in [7, 11) is 0. The van der Waals surface area contributed by atoms with E-state index >= 15 is 0 Å². The first-order chi connectivity index (χ1) is 35.0. The molecule has 12 rings (SSSR count). The minimum atomic E-state index is -0.375. The Morgan fingerprint density at radius 3 is 1.76 bits per heavy atom. The zero-order valence-corrected chi connectivity index (χ0v) is 45.5. The van der Waals surface area contributed by atoms with Gasteiger partial charge in [-0.1, -0.05) is 212 Å². The smallest absolute Gasteiger partial charge is 0.243 e. The van der Waals surface area contributed by atoms with Crippen molar-refractivity contribution in [2.75, 3.05) is 0 Å². The molecule has 0 radical (unpaired) electrons. The van der Waals surface area contributed by atoms with E-state index in [0.29, 0.717) is 22.9 Å². The summed E-state index contributed by atoms with van der Waals surface area (Å²) < 4.78 is 16.5. The topological polar surface area (TPSA) is 69.4 Å². The van der Waals surface area contributed by atoms with Gasteiger partial charge in [0, 0.05) is 44.1 Å². The molecule has 0 fully saturated rings. The van der Waals surface area contributed by atoms with Crippen molar-refractivity contribution in [3.63, 3.8) is 0 Å². The van der Waals surface area contributed by atoms with Crippen LogP contribution in [0.25, 0.3) is 72.7 Å². The molecule has 0 saturated heterocycles. The number of pyridine rings is 1. The van der Waals surface area contributed by atoms with Gasteiger partial charge in [0.05, 0.1) is 33.8 Å². The Balaban J connectivity index is 0.00000588. The molecular weight excluding hydrogens is 1090 g/mol. The number of benzene rings is 8. The molecule has 74 heavy (non-hydrogen) atoms. The number of aromatic nitrogens is 3. The van der Waals surface area contributed by atoms with Crippen LogP contribution >= 0.6 is 0 Å². The third kappa shape index (κ3) is 8.26. The summed E-state index contributed by atoms with van der Waals surface area (Å²) >= 11 is 0. The number of para-hydroxylation sites is 3. The second kappa shape index (κ2) is 18.2. The largest absolute Gasteiger partial charge is 0.507 e. The Morgan fingerprint density at radius 2 is 1.12 bits per heavy atom. The number of nitrogens with zero attached hydrogens (tertiary/aromatic N) is 3. The standard InChI is InChI=1S/C66H57BN3O3.Pt/c1-64(2,3)43-31-32-54(46(36-43)41-23-14-11-15-24-41)70-55-28-20-25-45(59(55)69-63(70)49-37-44(65(4,5)6)38-50(60(49)71)66(7,8)9)47-39-48(53-35-42(33-34-68-53)40-21-12-10-13-22-40)62-58-61(47)72-56-29-18-16-26-51(56)67(58)52-27-17-19-30-57(52)73-62;/h10-38,71H,1-9H3;/q-1;. The van der Waals surface area contributed by atoms with Crippen LogP contribution in [0, 0.1) is 6.07 Å². The number of phenolic OH excluding ortho intramolecular Hbond substituents is 1. The minimum absolute atomic E-state index is 0. The van der Waals surface area contributed by atoms with Crippen LogP contribution in [0.3, 0.4) is 0 Å². The van der Waals surface area contributed by atoms with Gasteiger partial charge in [0.1, 0.15) is 23.1 Å². The Morgan fingerprint density at radius 1 is 0.527 bits per heavy atom. The zero-order valence-electron chi connectivity index (χ0n) is 43.2. The van der Waals surface area contributed by atoms with Crippen LogP contribution in [0.1, 0.15) is 79.0 Å². The van der Waals surface area contributed by atoms with E-state index in [1.165, 1.54) is 5.56 Å². The van der Waals surface area contributed by atoms with E-state index in [4.69, 9.17) is 19.4 Å². The molecule has 0 atom stereocenters. The summed E-state index contributed by atoms with van der Waals surface area (Å²) in [4.78, 5) is 10.9. The zero-order chi connectivity index (χ0) is 50.6. The third-order valence-corrected chi connectivity index (χ3v) is 14.7. The maximum atomic E-state index is 12.8. The van der Waals surface area contributed by atoms with Crippen LogP contribution in [-0.4, -0.2) is 26.4 Å². The predicted molar refractivity (Wildman–Crippen MR) is 300 cm³/mol. The van der Waals surface area contributed by atoms with E-state index in [2.05, 4.69) is 212 Å². The van der Waals surface area contributed by atoms with Gasteiger partial charge in [-0.3, -0.25) is 9.55 Å². The van der Waals surface area contributed by atoms with Crippen molar-refractivity contribution < 1.29 is 35.6 Å². The van der Waals surface area contributed by atoms with Gasteiger partial charge >= 0.3 is 0 Å². The molecule has 0 saturated carbocycles. The van der Waals surface area contributed by atoms with Crippen molar-refractivity contribution in [2.45, 2.75) is 78.6 Å². The van der Waals surface area contributed by atoms with E-state index in [9.17, 15) is 5.11 Å². The fraction of sp³-hybridized carbons (Fsp3) is 0.182. The van der Waals surface area contributed by atoms with Crippen LogP contribution in [0.15, 0.2) is 176 Å². The summed E-state index contributed by atoms with van der Waals surface area (Å²) in [6.07, 6.45) is 1.87. The van der Waals surface area contributed by atoms with E-state index in [-0.39, 0.29) is 49.8 Å². The maximum absolute atomic E-state index is 12.8. The molecule has 2 aromatic heterocycles. The molecule has 0 unspecified atom stereocenters. The van der Waals surface area contributed by atoms with Gasteiger partial charge in [-0.15, -0.1) is 6.07 Å². The molecule has 368 valence electrons. The molecular formula is C66H57BN3O3Pt-. The van der Waals surface area contributed by atoms with Crippen LogP contribution in [0.2, 0.25) is 0 Å². The Kier molecular flexibility index (Phi) is 12.0. The van der Waals surface area contributed by atoms with Crippen molar-refractivity contribution in [3.05, 3.63) is 199 Å². The molecule has 10 aromatic rings. The van der Waals surface area contributed by atoms with E-state index in [1.807, 2.05) is 36.5 Å². The number of hydrogen-bond acceptors (Lipinski definition) is 5. The number of phenols is 1. The molecule has 0 bridgehead atoms. The summed E-state index contributed by atoms with van der Waals surface area (Å²) in [6.45, 7) is 19.7. The van der Waals surface area contributed by atoms with Gasteiger partial charge in [-0.05, 0) is 97.5 Å². The predicted octanol–water partition coefficient (Wildman–Crippen LogP) is 14.9. The monoisotopic (exact) mass is 1150 g/mol. The number of ether oxygens (including phenoxy) is 2. The fourth-order valence-electron chi connectivity index (χ4n) is 10.7. The van der Waals surface area contributed by atoms with Gasteiger partial charge in [-0.25, -0.2) is 4.98 Å². The summed E-state index contributed by atoms with van der Waals surface area (Å²) in [5, 5.41) is 12.8. The SMILES string of the molecule is CC(C)(C)c1ccc(-n2c(-c3cc(C(C)(C)C)cc(C(C)(C)C)c3O)nc3c(-c4[c-]c(-c5cc(-c6ccccc6)ccn5)c5c6c4Oc4ccccc4B6c4ccccc4O5)cccc32)c(-c2ccccc2)c1.[Pt].